The molecule has 0 bridgehead atoms. The van der Waals surface area contributed by atoms with Gasteiger partial charge in [0, 0.05) is 65.4 Å². The lowest BCUT2D eigenvalue weighted by Crippen LogP contribution is -2.42. The Kier molecular flexibility index (Phi) is 67.5. The summed E-state index contributed by atoms with van der Waals surface area (Å²) in [5.41, 5.74) is 22.2. The Bertz CT molecular complexity index is 134. The number of hydrogen-bond acceptors (Lipinski definition) is 6. The summed E-state index contributed by atoms with van der Waals surface area (Å²) in [7, 11) is 0. The lowest BCUT2D eigenvalue weighted by Gasteiger charge is -2.26. The monoisotopic (exact) mass is 448 g/mol. The molecule has 8 N–H and O–H groups in total. The largest absolute Gasteiger partial charge is 0.329 e. The summed E-state index contributed by atoms with van der Waals surface area (Å²) in [5, 5.41) is 0. The van der Waals surface area contributed by atoms with Crippen LogP contribution in [-0.2, 0) is 0 Å². The van der Waals surface area contributed by atoms with Gasteiger partial charge in [0.2, 0.25) is 0 Å². The van der Waals surface area contributed by atoms with Crippen molar-refractivity contribution in [2.75, 3.05) is 65.4 Å². The van der Waals surface area contributed by atoms with Crippen LogP contribution in [0.15, 0.2) is 0 Å². The minimum Gasteiger partial charge on any atom is -0.329 e. The lowest BCUT2D eigenvalue weighted by molar-refractivity contribution is 0.215. The van der Waals surface area contributed by atoms with E-state index in [1.165, 1.54) is 0 Å². The van der Waals surface area contributed by atoms with Gasteiger partial charge in [0.15, 0.2) is 0 Å². The maximum Gasteiger partial charge on any atom is 0.0110 e. The second-order valence-corrected chi connectivity index (χ2v) is 3.84. The van der Waals surface area contributed by atoms with Crippen molar-refractivity contribution in [3.63, 3.8) is 0 Å². The van der Waals surface area contributed by atoms with Crippen LogP contribution in [-0.4, -0.2) is 75.2 Å². The Morgan fingerprint density at radius 1 is 0.364 bits per heavy atom. The molecule has 0 aromatic heterocycles. The van der Waals surface area contributed by atoms with Gasteiger partial charge in [0.1, 0.15) is 0 Å². The highest BCUT2D eigenvalue weighted by Gasteiger charge is 2.06. The maximum absolute atomic E-state index is 5.55. The van der Waals surface area contributed by atoms with Crippen LogP contribution in [0.25, 0.3) is 0 Å². The van der Waals surface area contributed by atoms with Crippen LogP contribution < -0.4 is 22.9 Å². The molecule has 0 atom stereocenters. The van der Waals surface area contributed by atoms with Crippen LogP contribution >= 0.6 is 74.4 Å². The molecule has 0 fully saturated rings. The first-order chi connectivity index (χ1) is 7.78. The van der Waals surface area contributed by atoms with E-state index in [-0.39, 0.29) is 74.4 Å². The van der Waals surface area contributed by atoms with Crippen molar-refractivity contribution in [1.29, 1.82) is 0 Å². The highest BCUT2D eigenvalue weighted by atomic mass is 35.5. The molecule has 0 unspecified atom stereocenters. The zero-order valence-electron chi connectivity index (χ0n) is 12.7. The van der Waals surface area contributed by atoms with Crippen molar-refractivity contribution in [2.45, 2.75) is 0 Å². The van der Waals surface area contributed by atoms with Gasteiger partial charge >= 0.3 is 0 Å². The molecule has 0 amide bonds. The lowest BCUT2D eigenvalue weighted by atomic mass is 10.4. The summed E-state index contributed by atoms with van der Waals surface area (Å²) in [6.45, 7) is 8.26. The average Bonchev–Trinajstić information content (AvgIpc) is 2.27. The molecular weight excluding hydrogens is 417 g/mol. The molecule has 6 nitrogen and oxygen atoms in total. The minimum atomic E-state index is 0. The molecule has 12 heteroatoms. The summed E-state index contributed by atoms with van der Waals surface area (Å²) in [5.74, 6) is 0. The van der Waals surface area contributed by atoms with E-state index >= 15 is 0 Å². The summed E-state index contributed by atoms with van der Waals surface area (Å²) < 4.78 is 0. The van der Waals surface area contributed by atoms with Gasteiger partial charge in [-0.3, -0.25) is 9.80 Å². The second-order valence-electron chi connectivity index (χ2n) is 3.84. The van der Waals surface area contributed by atoms with E-state index in [2.05, 4.69) is 9.80 Å². The average molecular weight is 451 g/mol. The van der Waals surface area contributed by atoms with Gasteiger partial charge in [-0.15, -0.1) is 74.4 Å². The molecule has 0 aromatic carbocycles. The van der Waals surface area contributed by atoms with E-state index in [1.54, 1.807) is 0 Å². The number of nitrogens with two attached hydrogens (primary N) is 4. The van der Waals surface area contributed by atoms with Crippen molar-refractivity contribution in [2.24, 2.45) is 22.9 Å². The predicted octanol–water partition coefficient (Wildman–Crippen LogP) is -0.0440. The van der Waals surface area contributed by atoms with E-state index < -0.39 is 0 Å². The fraction of sp³-hybridized carbons (Fsp3) is 1.00. The fourth-order valence-corrected chi connectivity index (χ4v) is 1.68. The van der Waals surface area contributed by atoms with Crippen LogP contribution in [0.5, 0.6) is 0 Å². The molecule has 0 heterocycles. The van der Waals surface area contributed by atoms with Crippen LogP contribution in [0.3, 0.4) is 0 Å². The van der Waals surface area contributed by atoms with Gasteiger partial charge in [0.05, 0.1) is 0 Å². The van der Waals surface area contributed by atoms with Gasteiger partial charge < -0.3 is 22.9 Å². The molecule has 0 aliphatic heterocycles. The molecule has 0 spiro atoms. The smallest absolute Gasteiger partial charge is 0.0110 e. The Balaban J connectivity index is -0.0000000750. The minimum absolute atomic E-state index is 0. The van der Waals surface area contributed by atoms with Crippen LogP contribution in [0.2, 0.25) is 0 Å². The quantitative estimate of drug-likeness (QED) is 0.351. The van der Waals surface area contributed by atoms with Crippen molar-refractivity contribution < 1.29 is 0 Å². The summed E-state index contributed by atoms with van der Waals surface area (Å²) in [6.07, 6.45) is 0. The van der Waals surface area contributed by atoms with Crippen molar-refractivity contribution in [1.82, 2.24) is 9.80 Å². The zero-order chi connectivity index (χ0) is 12.2. The normalized spacial score (nSPS) is 8.45. The Labute approximate surface area is 172 Å². The molecule has 0 saturated carbocycles. The molecule has 0 aliphatic rings. The SMILES string of the molecule is Cl.Cl.Cl.Cl.Cl.Cl.NCCN(CCN)CCN(CCN)CCN. The number of rotatable bonds is 11. The van der Waals surface area contributed by atoms with Gasteiger partial charge in [0.25, 0.3) is 0 Å². The molecule has 0 saturated heterocycles. The molecule has 0 radical (unpaired) electrons. The first-order valence-electron chi connectivity index (χ1n) is 6.03. The van der Waals surface area contributed by atoms with Gasteiger partial charge in [-0.05, 0) is 0 Å². The molecule has 0 aromatic rings. The number of nitrogens with zero attached hydrogens (tertiary/aromatic N) is 2. The standard InChI is InChI=1S/C10H28N6.6ClH/c11-1-5-15(6-2-12)9-10-16(7-3-13)8-4-14;;;;;;/h1-14H2;6*1H. The second kappa shape index (κ2) is 34.0. The Morgan fingerprint density at radius 2 is 0.545 bits per heavy atom. The van der Waals surface area contributed by atoms with Gasteiger partial charge in [-0.25, -0.2) is 0 Å². The maximum atomic E-state index is 5.55. The van der Waals surface area contributed by atoms with Crippen LogP contribution in [0, 0.1) is 0 Å². The first kappa shape index (κ1) is 43.7. The number of halogens is 6. The van der Waals surface area contributed by atoms with Crippen molar-refractivity contribution in [3.8, 4) is 0 Å². The molecule has 22 heavy (non-hydrogen) atoms. The number of hydrogen-bond donors (Lipinski definition) is 4. The van der Waals surface area contributed by atoms with E-state index in [0.29, 0.717) is 26.2 Å². The van der Waals surface area contributed by atoms with Crippen molar-refractivity contribution >= 4 is 74.4 Å². The Hall–Kier alpha value is 1.50. The third kappa shape index (κ3) is 26.4. The molecule has 0 rings (SSSR count). The predicted molar refractivity (Wildman–Crippen MR) is 113 cm³/mol. The summed E-state index contributed by atoms with van der Waals surface area (Å²) in [4.78, 5) is 4.56. The van der Waals surface area contributed by atoms with Gasteiger partial charge in [-0.1, -0.05) is 0 Å². The van der Waals surface area contributed by atoms with Crippen LogP contribution in [0.1, 0.15) is 0 Å². The van der Waals surface area contributed by atoms with Crippen LogP contribution in [0.4, 0.5) is 0 Å². The third-order valence-corrected chi connectivity index (χ3v) is 2.51. The van der Waals surface area contributed by atoms with E-state index in [1.807, 2.05) is 0 Å². The zero-order valence-corrected chi connectivity index (χ0v) is 17.6. The highest BCUT2D eigenvalue weighted by molar-refractivity contribution is 5.86. The molecule has 146 valence electrons. The highest BCUT2D eigenvalue weighted by Crippen LogP contribution is 1.91. The van der Waals surface area contributed by atoms with E-state index in [0.717, 1.165) is 39.3 Å². The first-order valence-corrected chi connectivity index (χ1v) is 6.03. The third-order valence-electron chi connectivity index (χ3n) is 2.51. The molecule has 0 aliphatic carbocycles. The topological polar surface area (TPSA) is 111 Å². The fourth-order valence-electron chi connectivity index (χ4n) is 1.68. The molecular formula is C10H34Cl6N6. The van der Waals surface area contributed by atoms with Crippen molar-refractivity contribution in [3.05, 3.63) is 0 Å². The van der Waals surface area contributed by atoms with E-state index in [4.69, 9.17) is 22.9 Å². The van der Waals surface area contributed by atoms with E-state index in [9.17, 15) is 0 Å². The Morgan fingerprint density at radius 3 is 0.682 bits per heavy atom. The summed E-state index contributed by atoms with van der Waals surface area (Å²) in [6, 6.07) is 0. The summed E-state index contributed by atoms with van der Waals surface area (Å²) >= 11 is 0. The van der Waals surface area contributed by atoms with Gasteiger partial charge in [-0.2, -0.15) is 0 Å².